The summed E-state index contributed by atoms with van der Waals surface area (Å²) in [4.78, 5) is 47.5. The number of carbonyl (C=O) groups excluding carboxylic acids is 4. The number of carboxylic acids is 2. The van der Waals surface area contributed by atoms with Gasteiger partial charge in [0.15, 0.2) is 0 Å². The number of benzene rings is 1. The van der Waals surface area contributed by atoms with Crippen LogP contribution >= 0.6 is 0 Å². The molecule has 0 aromatic heterocycles. The Morgan fingerprint density at radius 3 is 2.52 bits per heavy atom. The molecule has 0 radical (unpaired) electrons. The average Bonchev–Trinajstić information content (AvgIpc) is 3.13. The second kappa shape index (κ2) is 9.56. The van der Waals surface area contributed by atoms with Gasteiger partial charge >= 0.3 is 6.09 Å². The summed E-state index contributed by atoms with van der Waals surface area (Å²) in [7, 11) is 0. The number of carboxylic acid groups (broad SMARTS) is 2. The first-order valence-corrected chi connectivity index (χ1v) is 8.57. The van der Waals surface area contributed by atoms with E-state index in [1.165, 1.54) is 4.90 Å². The molecule has 9 nitrogen and oxygen atoms in total. The third-order valence-corrected chi connectivity index (χ3v) is 4.23. The number of hydrogen-bond acceptors (Lipinski definition) is 7. The van der Waals surface area contributed by atoms with Gasteiger partial charge in [-0.1, -0.05) is 30.3 Å². The second-order valence-electron chi connectivity index (χ2n) is 6.18. The summed E-state index contributed by atoms with van der Waals surface area (Å²) < 4.78 is 5.22. The Hall–Kier alpha value is -3.10. The number of nitrogens with one attached hydrogen (secondary N) is 1. The zero-order valence-electron chi connectivity index (χ0n) is 14.6. The summed E-state index contributed by atoms with van der Waals surface area (Å²) in [5.74, 6) is -3.71. The largest absolute Gasteiger partial charge is 0.550 e. The molecule has 2 atom stereocenters. The minimum Gasteiger partial charge on any atom is -0.550 e. The van der Waals surface area contributed by atoms with Crippen LogP contribution in [0, 0.1) is 0 Å². The number of hydrogen-bond donors (Lipinski definition) is 1. The molecule has 0 unspecified atom stereocenters. The summed E-state index contributed by atoms with van der Waals surface area (Å²) >= 11 is 0. The first-order chi connectivity index (χ1) is 12.9. The maximum Gasteiger partial charge on any atom is 0.410 e. The quantitative estimate of drug-likeness (QED) is 0.586. The molecular weight excluding hydrogens is 356 g/mol. The standard InChI is InChI=1S/C18H22N2O7/c21-15(22)9-8-13(17(24)25)19-16(23)14-7-4-10-20(14)18(26)27-11-12-5-2-1-3-6-12/h1-3,5-6,13-14H,4,7-11H2,(H,19,23)(H,21,22)(H,24,25)/p-2/t13-,14+/m0/s1. The molecular formula is C18H20N2O7-2. The number of aliphatic carboxylic acids is 2. The van der Waals surface area contributed by atoms with Crippen molar-refractivity contribution in [2.75, 3.05) is 6.54 Å². The fourth-order valence-electron chi connectivity index (χ4n) is 2.84. The van der Waals surface area contributed by atoms with Gasteiger partial charge in [0.2, 0.25) is 5.91 Å². The lowest BCUT2D eigenvalue weighted by atomic mass is 10.1. The SMILES string of the molecule is O=C([O-])CC[C@H](NC(=O)[C@H]1CCCN1C(=O)OCc1ccccc1)C(=O)[O-]. The summed E-state index contributed by atoms with van der Waals surface area (Å²) in [6.45, 7) is 0.360. The van der Waals surface area contributed by atoms with Crippen LogP contribution in [-0.4, -0.2) is 47.5 Å². The average molecular weight is 376 g/mol. The number of carbonyl (C=O) groups is 4. The van der Waals surface area contributed by atoms with E-state index in [2.05, 4.69) is 5.32 Å². The van der Waals surface area contributed by atoms with Crippen molar-refractivity contribution in [2.24, 2.45) is 0 Å². The smallest absolute Gasteiger partial charge is 0.410 e. The van der Waals surface area contributed by atoms with Crippen LogP contribution in [0.5, 0.6) is 0 Å². The van der Waals surface area contributed by atoms with Gasteiger partial charge in [-0.3, -0.25) is 9.69 Å². The van der Waals surface area contributed by atoms with E-state index in [9.17, 15) is 29.4 Å². The molecule has 0 saturated carbocycles. The van der Waals surface area contributed by atoms with Crippen molar-refractivity contribution >= 4 is 23.9 Å². The molecule has 2 amide bonds. The van der Waals surface area contributed by atoms with E-state index >= 15 is 0 Å². The Morgan fingerprint density at radius 2 is 1.89 bits per heavy atom. The van der Waals surface area contributed by atoms with Crippen molar-refractivity contribution in [3.63, 3.8) is 0 Å². The van der Waals surface area contributed by atoms with Crippen LogP contribution in [0.15, 0.2) is 30.3 Å². The highest BCUT2D eigenvalue weighted by Crippen LogP contribution is 2.19. The van der Waals surface area contributed by atoms with Crippen LogP contribution in [0.2, 0.25) is 0 Å². The Labute approximate surface area is 155 Å². The van der Waals surface area contributed by atoms with Gasteiger partial charge in [0.05, 0.1) is 12.0 Å². The van der Waals surface area contributed by atoms with Gasteiger partial charge in [0.25, 0.3) is 0 Å². The zero-order chi connectivity index (χ0) is 19.8. The van der Waals surface area contributed by atoms with Crippen molar-refractivity contribution in [3.8, 4) is 0 Å². The van der Waals surface area contributed by atoms with Crippen molar-refractivity contribution in [3.05, 3.63) is 35.9 Å². The predicted molar refractivity (Wildman–Crippen MR) is 87.5 cm³/mol. The minimum absolute atomic E-state index is 0.0534. The molecule has 1 aliphatic heterocycles. The Bertz CT molecular complexity index is 692. The summed E-state index contributed by atoms with van der Waals surface area (Å²) in [6, 6.07) is 6.69. The van der Waals surface area contributed by atoms with Gasteiger partial charge in [0, 0.05) is 12.5 Å². The van der Waals surface area contributed by atoms with E-state index in [4.69, 9.17) is 4.74 Å². The fourth-order valence-corrected chi connectivity index (χ4v) is 2.84. The van der Waals surface area contributed by atoms with Gasteiger partial charge in [-0.15, -0.1) is 0 Å². The van der Waals surface area contributed by atoms with Crippen LogP contribution in [0.25, 0.3) is 0 Å². The third-order valence-electron chi connectivity index (χ3n) is 4.23. The number of nitrogens with zero attached hydrogens (tertiary/aromatic N) is 1. The lowest BCUT2D eigenvalue weighted by Crippen LogP contribution is -2.54. The monoisotopic (exact) mass is 376 g/mol. The van der Waals surface area contributed by atoms with Gasteiger partial charge in [-0.25, -0.2) is 4.79 Å². The third kappa shape index (κ3) is 5.98. The fraction of sp³-hybridized carbons (Fsp3) is 0.444. The van der Waals surface area contributed by atoms with Crippen molar-refractivity contribution in [2.45, 2.75) is 44.4 Å². The van der Waals surface area contributed by atoms with E-state index < -0.39 is 42.4 Å². The molecule has 2 rings (SSSR count). The molecule has 1 aromatic rings. The van der Waals surface area contributed by atoms with E-state index in [-0.39, 0.29) is 13.0 Å². The summed E-state index contributed by atoms with van der Waals surface area (Å²) in [5.41, 5.74) is 0.797. The van der Waals surface area contributed by atoms with Crippen molar-refractivity contribution < 1.29 is 34.1 Å². The Morgan fingerprint density at radius 1 is 1.19 bits per heavy atom. The molecule has 1 saturated heterocycles. The minimum atomic E-state index is -1.60. The summed E-state index contributed by atoms with van der Waals surface area (Å²) in [5, 5.41) is 23.8. The Kier molecular flexibility index (Phi) is 7.16. The maximum atomic E-state index is 12.4. The number of rotatable bonds is 8. The molecule has 1 aliphatic rings. The highest BCUT2D eigenvalue weighted by Gasteiger charge is 2.36. The molecule has 1 fully saturated rings. The van der Waals surface area contributed by atoms with Gasteiger partial charge in [-0.05, 0) is 31.2 Å². The van der Waals surface area contributed by atoms with Gasteiger partial charge in [-0.2, -0.15) is 0 Å². The van der Waals surface area contributed by atoms with Crippen LogP contribution < -0.4 is 15.5 Å². The van der Waals surface area contributed by atoms with Crippen LogP contribution in [0.4, 0.5) is 4.79 Å². The molecule has 9 heteroatoms. The van der Waals surface area contributed by atoms with Crippen LogP contribution in [0.1, 0.15) is 31.2 Å². The topological polar surface area (TPSA) is 139 Å². The predicted octanol–water partition coefficient (Wildman–Crippen LogP) is -1.45. The molecule has 1 aromatic carbocycles. The zero-order valence-corrected chi connectivity index (χ0v) is 14.6. The van der Waals surface area contributed by atoms with Crippen molar-refractivity contribution in [1.82, 2.24) is 10.2 Å². The lowest BCUT2D eigenvalue weighted by molar-refractivity contribution is -0.310. The molecule has 0 bridgehead atoms. The molecule has 1 heterocycles. The first-order valence-electron chi connectivity index (χ1n) is 8.57. The maximum absolute atomic E-state index is 12.4. The van der Waals surface area contributed by atoms with Crippen molar-refractivity contribution in [1.29, 1.82) is 0 Å². The van der Waals surface area contributed by atoms with Crippen LogP contribution in [-0.2, 0) is 25.7 Å². The molecule has 0 spiro atoms. The van der Waals surface area contributed by atoms with E-state index in [0.717, 1.165) is 5.56 Å². The molecule has 27 heavy (non-hydrogen) atoms. The normalized spacial score (nSPS) is 17.2. The first kappa shape index (κ1) is 20.2. The number of likely N-dealkylation sites (tertiary alicyclic amines) is 1. The highest BCUT2D eigenvalue weighted by molar-refractivity contribution is 5.89. The van der Waals surface area contributed by atoms with Crippen LogP contribution in [0.3, 0.4) is 0 Å². The lowest BCUT2D eigenvalue weighted by Gasteiger charge is -2.26. The Balaban J connectivity index is 1.92. The van der Waals surface area contributed by atoms with E-state index in [0.29, 0.717) is 19.4 Å². The molecule has 146 valence electrons. The highest BCUT2D eigenvalue weighted by atomic mass is 16.6. The second-order valence-corrected chi connectivity index (χ2v) is 6.18. The summed E-state index contributed by atoms with van der Waals surface area (Å²) in [6.07, 6.45) is -0.648. The molecule has 0 aliphatic carbocycles. The molecule has 1 N–H and O–H groups in total. The van der Waals surface area contributed by atoms with E-state index in [1.807, 2.05) is 18.2 Å². The number of amides is 2. The van der Waals surface area contributed by atoms with E-state index in [1.54, 1.807) is 12.1 Å². The van der Waals surface area contributed by atoms with Gasteiger partial charge in [0.1, 0.15) is 12.6 Å². The van der Waals surface area contributed by atoms with Gasteiger partial charge < -0.3 is 29.9 Å². The number of ether oxygens (including phenoxy) is 1.